The topological polar surface area (TPSA) is 52.6 Å². The van der Waals surface area contributed by atoms with Gasteiger partial charge in [-0.25, -0.2) is 13.6 Å². The average Bonchev–Trinajstić information content (AvgIpc) is 2.73. The van der Waals surface area contributed by atoms with Gasteiger partial charge in [0.25, 0.3) is 0 Å². The molecule has 0 bridgehead atoms. The van der Waals surface area contributed by atoms with E-state index in [9.17, 15) is 18.4 Å². The Morgan fingerprint density at radius 1 is 0.821 bits per heavy atom. The van der Waals surface area contributed by atoms with Gasteiger partial charge in [-0.2, -0.15) is 0 Å². The first-order valence-corrected chi connectivity index (χ1v) is 8.45. The number of para-hydroxylation sites is 1. The van der Waals surface area contributed by atoms with E-state index in [2.05, 4.69) is 0 Å². The van der Waals surface area contributed by atoms with E-state index in [0.717, 1.165) is 18.2 Å². The van der Waals surface area contributed by atoms with Crippen LogP contribution >= 0.6 is 0 Å². The molecule has 0 spiro atoms. The quantitative estimate of drug-likeness (QED) is 0.443. The van der Waals surface area contributed by atoms with Gasteiger partial charge in [0.05, 0.1) is 5.56 Å². The Balaban J connectivity index is 1.64. The SMILES string of the molecule is O=C(COC(=O)c1ccccc1COc1ccccc1)c1ccc(F)c(F)c1. The van der Waals surface area contributed by atoms with Crippen LogP contribution in [-0.2, 0) is 11.3 Å². The summed E-state index contributed by atoms with van der Waals surface area (Å²) < 4.78 is 36.9. The van der Waals surface area contributed by atoms with Crippen molar-refractivity contribution in [2.75, 3.05) is 6.61 Å². The number of ether oxygens (including phenoxy) is 2. The minimum atomic E-state index is -1.14. The summed E-state index contributed by atoms with van der Waals surface area (Å²) in [4.78, 5) is 24.4. The van der Waals surface area contributed by atoms with Crippen molar-refractivity contribution in [2.24, 2.45) is 0 Å². The van der Waals surface area contributed by atoms with Gasteiger partial charge in [-0.15, -0.1) is 0 Å². The number of hydrogen-bond acceptors (Lipinski definition) is 4. The first-order valence-electron chi connectivity index (χ1n) is 8.45. The lowest BCUT2D eigenvalue weighted by atomic mass is 10.1. The second-order valence-electron chi connectivity index (χ2n) is 5.89. The summed E-state index contributed by atoms with van der Waals surface area (Å²) in [6.45, 7) is -0.440. The normalized spacial score (nSPS) is 10.4. The molecule has 28 heavy (non-hydrogen) atoms. The number of carbonyl (C=O) groups is 2. The minimum absolute atomic E-state index is 0.0765. The third-order valence-electron chi connectivity index (χ3n) is 3.95. The zero-order valence-electron chi connectivity index (χ0n) is 14.7. The van der Waals surface area contributed by atoms with Crippen LogP contribution < -0.4 is 4.74 Å². The maximum Gasteiger partial charge on any atom is 0.338 e. The van der Waals surface area contributed by atoms with Crippen molar-refractivity contribution < 1.29 is 27.8 Å². The fourth-order valence-electron chi connectivity index (χ4n) is 2.48. The molecule has 0 fully saturated rings. The first-order chi connectivity index (χ1) is 13.5. The highest BCUT2D eigenvalue weighted by molar-refractivity contribution is 5.99. The average molecular weight is 382 g/mol. The van der Waals surface area contributed by atoms with Crippen molar-refractivity contribution >= 4 is 11.8 Å². The molecule has 142 valence electrons. The fraction of sp³-hybridized carbons (Fsp3) is 0.0909. The number of carbonyl (C=O) groups excluding carboxylic acids is 2. The summed E-state index contributed by atoms with van der Waals surface area (Å²) in [5, 5.41) is 0. The van der Waals surface area contributed by atoms with Crippen LogP contribution in [0.2, 0.25) is 0 Å². The molecule has 0 heterocycles. The Morgan fingerprint density at radius 3 is 2.29 bits per heavy atom. The van der Waals surface area contributed by atoms with Crippen LogP contribution in [0.5, 0.6) is 5.75 Å². The van der Waals surface area contributed by atoms with Crippen molar-refractivity contribution in [1.82, 2.24) is 0 Å². The second-order valence-corrected chi connectivity index (χ2v) is 5.89. The van der Waals surface area contributed by atoms with E-state index in [-0.39, 0.29) is 17.7 Å². The van der Waals surface area contributed by atoms with E-state index >= 15 is 0 Å². The molecule has 0 amide bonds. The van der Waals surface area contributed by atoms with Gasteiger partial charge in [-0.05, 0) is 36.4 Å². The van der Waals surface area contributed by atoms with Crippen molar-refractivity contribution in [1.29, 1.82) is 0 Å². The van der Waals surface area contributed by atoms with E-state index in [1.165, 1.54) is 0 Å². The third-order valence-corrected chi connectivity index (χ3v) is 3.95. The molecule has 0 aliphatic rings. The molecule has 0 saturated carbocycles. The van der Waals surface area contributed by atoms with Gasteiger partial charge in [0.15, 0.2) is 24.0 Å². The molecule has 0 radical (unpaired) electrons. The molecule has 0 atom stereocenters. The summed E-state index contributed by atoms with van der Waals surface area (Å²) in [7, 11) is 0. The Labute approximate surface area is 160 Å². The molecular weight excluding hydrogens is 366 g/mol. The van der Waals surface area contributed by atoms with E-state index in [4.69, 9.17) is 9.47 Å². The van der Waals surface area contributed by atoms with E-state index in [1.807, 2.05) is 18.2 Å². The lowest BCUT2D eigenvalue weighted by molar-refractivity contribution is 0.0472. The van der Waals surface area contributed by atoms with Gasteiger partial charge in [-0.1, -0.05) is 36.4 Å². The van der Waals surface area contributed by atoms with Gasteiger partial charge in [0.2, 0.25) is 0 Å². The molecule has 0 aliphatic heterocycles. The molecule has 4 nitrogen and oxygen atoms in total. The number of halogens is 2. The number of benzene rings is 3. The largest absolute Gasteiger partial charge is 0.489 e. The Hall–Kier alpha value is -3.54. The molecule has 3 rings (SSSR count). The third kappa shape index (κ3) is 4.79. The number of ketones is 1. The monoisotopic (exact) mass is 382 g/mol. The van der Waals surface area contributed by atoms with Crippen molar-refractivity contribution in [3.05, 3.63) is 101 Å². The molecule has 3 aromatic rings. The van der Waals surface area contributed by atoms with Gasteiger partial charge in [0.1, 0.15) is 12.4 Å². The van der Waals surface area contributed by atoms with Crippen LogP contribution in [0.4, 0.5) is 8.78 Å². The van der Waals surface area contributed by atoms with Gasteiger partial charge >= 0.3 is 5.97 Å². The second kappa shape index (κ2) is 8.90. The number of esters is 1. The molecule has 6 heteroatoms. The lowest BCUT2D eigenvalue weighted by Gasteiger charge is -2.11. The van der Waals surface area contributed by atoms with Crippen molar-refractivity contribution in [3.63, 3.8) is 0 Å². The van der Waals surface area contributed by atoms with Gasteiger partial charge in [-0.3, -0.25) is 4.79 Å². The van der Waals surface area contributed by atoms with Crippen LogP contribution in [0.25, 0.3) is 0 Å². The number of rotatable bonds is 7. The summed E-state index contributed by atoms with van der Waals surface area (Å²) in [6.07, 6.45) is 0. The molecule has 0 aliphatic carbocycles. The Morgan fingerprint density at radius 2 is 1.54 bits per heavy atom. The smallest absolute Gasteiger partial charge is 0.338 e. The highest BCUT2D eigenvalue weighted by Crippen LogP contribution is 2.16. The summed E-state index contributed by atoms with van der Waals surface area (Å²) in [5.41, 5.74) is 0.778. The standard InChI is InChI=1S/C22H16F2O4/c23-19-11-10-15(12-20(19)24)21(25)14-28-22(26)18-9-5-4-6-16(18)13-27-17-7-2-1-3-8-17/h1-12H,13-14H2. The van der Waals surface area contributed by atoms with Crippen LogP contribution in [-0.4, -0.2) is 18.4 Å². The lowest BCUT2D eigenvalue weighted by Crippen LogP contribution is -2.16. The van der Waals surface area contributed by atoms with E-state index in [1.54, 1.807) is 36.4 Å². The van der Waals surface area contributed by atoms with Crippen LogP contribution in [0, 0.1) is 11.6 Å². The Kier molecular flexibility index (Phi) is 6.11. The van der Waals surface area contributed by atoms with E-state index in [0.29, 0.717) is 11.3 Å². The molecule has 0 unspecified atom stereocenters. The summed E-state index contributed by atoms with van der Waals surface area (Å²) in [5.74, 6) is -2.88. The first kappa shape index (κ1) is 19.2. The van der Waals surface area contributed by atoms with Crippen molar-refractivity contribution in [3.8, 4) is 5.75 Å². The van der Waals surface area contributed by atoms with Gasteiger partial charge < -0.3 is 9.47 Å². The number of Topliss-reactive ketones (excluding diaryl/α,β-unsaturated/α-hetero) is 1. The zero-order valence-corrected chi connectivity index (χ0v) is 14.7. The number of hydrogen-bond donors (Lipinski definition) is 0. The van der Waals surface area contributed by atoms with Crippen LogP contribution in [0.3, 0.4) is 0 Å². The molecule has 0 saturated heterocycles. The zero-order chi connectivity index (χ0) is 19.9. The predicted molar refractivity (Wildman–Crippen MR) is 98.2 cm³/mol. The maximum atomic E-state index is 13.2. The van der Waals surface area contributed by atoms with Crippen LogP contribution in [0.15, 0.2) is 72.8 Å². The van der Waals surface area contributed by atoms with E-state index < -0.39 is 30.0 Å². The predicted octanol–water partition coefficient (Wildman–Crippen LogP) is 4.58. The highest BCUT2D eigenvalue weighted by Gasteiger charge is 2.16. The molecular formula is C22H16F2O4. The highest BCUT2D eigenvalue weighted by atomic mass is 19.2. The molecule has 3 aromatic carbocycles. The molecule has 0 N–H and O–H groups in total. The maximum absolute atomic E-state index is 13.2. The van der Waals surface area contributed by atoms with Gasteiger partial charge in [0, 0.05) is 11.1 Å². The summed E-state index contributed by atoms with van der Waals surface area (Å²) >= 11 is 0. The van der Waals surface area contributed by atoms with Crippen LogP contribution in [0.1, 0.15) is 26.3 Å². The van der Waals surface area contributed by atoms with Crippen molar-refractivity contribution in [2.45, 2.75) is 6.61 Å². The Bertz CT molecular complexity index is 987. The molecule has 0 aromatic heterocycles. The fourth-order valence-corrected chi connectivity index (χ4v) is 2.48. The minimum Gasteiger partial charge on any atom is -0.489 e. The summed E-state index contributed by atoms with van der Waals surface area (Å²) in [6, 6.07) is 18.6.